The van der Waals surface area contributed by atoms with E-state index in [4.69, 9.17) is 0 Å². The fraction of sp³-hybridized carbons (Fsp3) is 0.474. The summed E-state index contributed by atoms with van der Waals surface area (Å²) in [6, 6.07) is 6.45. The molecule has 0 spiro atoms. The topological polar surface area (TPSA) is 33.2 Å². The fourth-order valence-corrected chi connectivity index (χ4v) is 4.20. The monoisotopic (exact) mass is 346 g/mol. The molecule has 3 nitrogen and oxygen atoms in total. The van der Waals surface area contributed by atoms with Crippen molar-refractivity contribution in [1.82, 2.24) is 9.88 Å². The van der Waals surface area contributed by atoms with Crippen molar-refractivity contribution in [3.8, 4) is 0 Å². The zero-order valence-corrected chi connectivity index (χ0v) is 15.0. The van der Waals surface area contributed by atoms with Crippen LogP contribution in [0.2, 0.25) is 0 Å². The molecule has 0 N–H and O–H groups in total. The minimum absolute atomic E-state index is 0.109. The molecular formula is C19H23FN2OS. The van der Waals surface area contributed by atoms with Crippen LogP contribution in [0.1, 0.15) is 54.3 Å². The Bertz CT molecular complexity index is 690. The Hall–Kier alpha value is -1.75. The SMILES string of the molecule is Cc1csc(C2CCN(C(=O)C[C@@H](C)c3ccc(F)cc3)CC2)n1. The van der Waals surface area contributed by atoms with Crippen LogP contribution in [0.15, 0.2) is 29.6 Å². The first kappa shape index (κ1) is 17.1. The molecule has 1 aromatic heterocycles. The molecule has 1 aliphatic heterocycles. The molecule has 0 saturated carbocycles. The van der Waals surface area contributed by atoms with Crippen molar-refractivity contribution in [3.63, 3.8) is 0 Å². The van der Waals surface area contributed by atoms with Crippen LogP contribution < -0.4 is 0 Å². The van der Waals surface area contributed by atoms with E-state index in [9.17, 15) is 9.18 Å². The van der Waals surface area contributed by atoms with Gasteiger partial charge < -0.3 is 4.90 Å². The average molecular weight is 346 g/mol. The van der Waals surface area contributed by atoms with Crippen LogP contribution >= 0.6 is 11.3 Å². The van der Waals surface area contributed by atoms with Gasteiger partial charge in [0.2, 0.25) is 5.91 Å². The number of aryl methyl sites for hydroxylation is 1. The van der Waals surface area contributed by atoms with Gasteiger partial charge in [-0.05, 0) is 43.4 Å². The van der Waals surface area contributed by atoms with E-state index >= 15 is 0 Å². The molecule has 0 bridgehead atoms. The molecule has 1 aromatic carbocycles. The summed E-state index contributed by atoms with van der Waals surface area (Å²) in [6.07, 6.45) is 2.46. The van der Waals surface area contributed by atoms with E-state index in [1.165, 1.54) is 17.1 Å². The van der Waals surface area contributed by atoms with Crippen molar-refractivity contribution in [2.24, 2.45) is 0 Å². The van der Waals surface area contributed by atoms with E-state index < -0.39 is 0 Å². The predicted octanol–water partition coefficient (Wildman–Crippen LogP) is 4.49. The Kier molecular flexibility index (Phi) is 5.29. The number of piperidine rings is 1. The second kappa shape index (κ2) is 7.43. The summed E-state index contributed by atoms with van der Waals surface area (Å²) in [6.45, 7) is 5.66. The lowest BCUT2D eigenvalue weighted by atomic mass is 9.94. The van der Waals surface area contributed by atoms with E-state index in [1.807, 2.05) is 18.7 Å². The summed E-state index contributed by atoms with van der Waals surface area (Å²) >= 11 is 1.73. The van der Waals surface area contributed by atoms with Gasteiger partial charge in [0.05, 0.1) is 5.01 Å². The molecule has 0 unspecified atom stereocenters. The lowest BCUT2D eigenvalue weighted by Gasteiger charge is -2.32. The van der Waals surface area contributed by atoms with Gasteiger partial charge in [-0.25, -0.2) is 9.37 Å². The third-order valence-electron chi connectivity index (χ3n) is 4.75. The van der Waals surface area contributed by atoms with Crippen LogP contribution in [0.5, 0.6) is 0 Å². The molecule has 2 heterocycles. The van der Waals surface area contributed by atoms with Gasteiger partial charge >= 0.3 is 0 Å². The van der Waals surface area contributed by atoms with Gasteiger partial charge in [-0.1, -0.05) is 19.1 Å². The highest BCUT2D eigenvalue weighted by Crippen LogP contribution is 2.31. The molecule has 0 aliphatic carbocycles. The predicted molar refractivity (Wildman–Crippen MR) is 94.8 cm³/mol. The van der Waals surface area contributed by atoms with Crippen LogP contribution in [0, 0.1) is 12.7 Å². The molecule has 0 radical (unpaired) electrons. The first-order valence-corrected chi connectivity index (χ1v) is 9.36. The average Bonchev–Trinajstić information content (AvgIpc) is 3.02. The highest BCUT2D eigenvalue weighted by Gasteiger charge is 2.26. The maximum atomic E-state index is 13.0. The number of halogens is 1. The van der Waals surface area contributed by atoms with Crippen LogP contribution in [0.4, 0.5) is 4.39 Å². The summed E-state index contributed by atoms with van der Waals surface area (Å²) in [5, 5.41) is 3.30. The van der Waals surface area contributed by atoms with E-state index in [1.54, 1.807) is 23.5 Å². The Balaban J connectivity index is 1.52. The summed E-state index contributed by atoms with van der Waals surface area (Å²) in [4.78, 5) is 19.1. The molecule has 1 aliphatic rings. The van der Waals surface area contributed by atoms with Crippen LogP contribution in [-0.4, -0.2) is 28.9 Å². The molecular weight excluding hydrogens is 323 g/mol. The number of carbonyl (C=O) groups is 1. The number of rotatable bonds is 4. The molecule has 2 aromatic rings. The smallest absolute Gasteiger partial charge is 0.223 e. The zero-order chi connectivity index (χ0) is 17.1. The van der Waals surface area contributed by atoms with Gasteiger partial charge in [0.25, 0.3) is 0 Å². The van der Waals surface area contributed by atoms with E-state index in [0.29, 0.717) is 12.3 Å². The van der Waals surface area contributed by atoms with Gasteiger partial charge in [0.15, 0.2) is 0 Å². The Morgan fingerprint density at radius 2 is 2.00 bits per heavy atom. The van der Waals surface area contributed by atoms with E-state index in [0.717, 1.165) is 37.2 Å². The largest absolute Gasteiger partial charge is 0.343 e. The Morgan fingerprint density at radius 3 is 2.58 bits per heavy atom. The summed E-state index contributed by atoms with van der Waals surface area (Å²) in [5.41, 5.74) is 2.10. The molecule has 1 amide bonds. The third kappa shape index (κ3) is 4.01. The van der Waals surface area contributed by atoms with Crippen molar-refractivity contribution in [1.29, 1.82) is 0 Å². The minimum atomic E-state index is -0.239. The molecule has 1 fully saturated rings. The van der Waals surface area contributed by atoms with Crippen molar-refractivity contribution >= 4 is 17.2 Å². The van der Waals surface area contributed by atoms with Crippen LogP contribution in [0.3, 0.4) is 0 Å². The summed E-state index contributed by atoms with van der Waals surface area (Å²) in [5.74, 6) is 0.553. The first-order valence-electron chi connectivity index (χ1n) is 8.48. The van der Waals surface area contributed by atoms with Gasteiger partial charge in [-0.15, -0.1) is 11.3 Å². The summed E-state index contributed by atoms with van der Waals surface area (Å²) < 4.78 is 13.0. The van der Waals surface area contributed by atoms with Gasteiger partial charge in [0, 0.05) is 36.5 Å². The fourth-order valence-electron chi connectivity index (χ4n) is 3.24. The van der Waals surface area contributed by atoms with Gasteiger partial charge in [0.1, 0.15) is 5.82 Å². The number of hydrogen-bond acceptors (Lipinski definition) is 3. The lowest BCUT2D eigenvalue weighted by molar-refractivity contribution is -0.132. The van der Waals surface area contributed by atoms with Gasteiger partial charge in [-0.2, -0.15) is 0 Å². The van der Waals surface area contributed by atoms with E-state index in [-0.39, 0.29) is 17.6 Å². The number of carbonyl (C=O) groups excluding carboxylic acids is 1. The molecule has 3 rings (SSSR count). The quantitative estimate of drug-likeness (QED) is 0.817. The highest BCUT2D eigenvalue weighted by molar-refractivity contribution is 7.09. The lowest BCUT2D eigenvalue weighted by Crippen LogP contribution is -2.38. The van der Waals surface area contributed by atoms with Crippen molar-refractivity contribution in [3.05, 3.63) is 51.7 Å². The number of nitrogens with zero attached hydrogens (tertiary/aromatic N) is 2. The van der Waals surface area contributed by atoms with Crippen LogP contribution in [-0.2, 0) is 4.79 Å². The number of aromatic nitrogens is 1. The molecule has 5 heteroatoms. The number of amides is 1. The van der Waals surface area contributed by atoms with Crippen molar-refractivity contribution in [2.45, 2.75) is 44.9 Å². The van der Waals surface area contributed by atoms with Crippen molar-refractivity contribution < 1.29 is 9.18 Å². The van der Waals surface area contributed by atoms with Gasteiger partial charge in [-0.3, -0.25) is 4.79 Å². The number of benzene rings is 1. The minimum Gasteiger partial charge on any atom is -0.343 e. The third-order valence-corrected chi connectivity index (χ3v) is 5.88. The summed E-state index contributed by atoms with van der Waals surface area (Å²) in [7, 11) is 0. The molecule has 1 saturated heterocycles. The Labute approximate surface area is 146 Å². The second-order valence-electron chi connectivity index (χ2n) is 6.64. The highest BCUT2D eigenvalue weighted by atomic mass is 32.1. The normalized spacial score (nSPS) is 17.0. The molecule has 24 heavy (non-hydrogen) atoms. The number of likely N-dealkylation sites (tertiary alicyclic amines) is 1. The number of thiazole rings is 1. The molecule has 128 valence electrons. The van der Waals surface area contributed by atoms with Crippen molar-refractivity contribution in [2.75, 3.05) is 13.1 Å². The number of hydrogen-bond donors (Lipinski definition) is 0. The first-order chi connectivity index (χ1) is 11.5. The molecule has 1 atom stereocenters. The Morgan fingerprint density at radius 1 is 1.33 bits per heavy atom. The standard InChI is InChI=1S/C19H23FN2OS/c1-13(15-3-5-17(20)6-4-15)11-18(23)22-9-7-16(8-10-22)19-21-14(2)12-24-19/h3-6,12-13,16H,7-11H2,1-2H3/t13-/m1/s1. The maximum Gasteiger partial charge on any atom is 0.223 e. The second-order valence-corrected chi connectivity index (χ2v) is 7.53. The van der Waals surface area contributed by atoms with Crippen LogP contribution in [0.25, 0.3) is 0 Å². The maximum absolute atomic E-state index is 13.0. The zero-order valence-electron chi connectivity index (χ0n) is 14.2. The van der Waals surface area contributed by atoms with E-state index in [2.05, 4.69) is 10.4 Å².